The summed E-state index contributed by atoms with van der Waals surface area (Å²) < 4.78 is 5.23. The van der Waals surface area contributed by atoms with E-state index in [2.05, 4.69) is 4.98 Å². The first-order chi connectivity index (χ1) is 7.78. The molecule has 2 radical (unpaired) electrons. The average Bonchev–Trinajstić information content (AvgIpc) is 2.19. The lowest BCUT2D eigenvalue weighted by Gasteiger charge is -2.24. The lowest BCUT2D eigenvalue weighted by molar-refractivity contribution is 0.0283. The molecule has 0 saturated heterocycles. The Morgan fingerprint density at radius 3 is 2.59 bits per heavy atom. The molecule has 0 spiro atoms. The fourth-order valence-electron chi connectivity index (χ4n) is 1.18. The van der Waals surface area contributed by atoms with Gasteiger partial charge in [-0.15, -0.1) is 0 Å². The lowest BCUT2D eigenvalue weighted by atomic mass is 9.99. The summed E-state index contributed by atoms with van der Waals surface area (Å²) >= 11 is 0. The summed E-state index contributed by atoms with van der Waals surface area (Å²) in [6, 6.07) is 3.54. The van der Waals surface area contributed by atoms with Crippen LogP contribution in [0.3, 0.4) is 0 Å². The summed E-state index contributed by atoms with van der Waals surface area (Å²) in [6.45, 7) is 5.90. The van der Waals surface area contributed by atoms with E-state index in [-0.39, 0.29) is 6.09 Å². The molecule has 0 aromatic carbocycles. The summed E-state index contributed by atoms with van der Waals surface area (Å²) in [6.07, 6.45) is 1.20. The quantitative estimate of drug-likeness (QED) is 0.720. The molecular formula is C12H17BN2O2. The summed E-state index contributed by atoms with van der Waals surface area (Å²) in [5, 5.41) is 0. The number of aromatic nitrogens is 1. The zero-order valence-corrected chi connectivity index (χ0v) is 10.7. The van der Waals surface area contributed by atoms with Crippen molar-refractivity contribution in [3.05, 3.63) is 24.0 Å². The summed E-state index contributed by atoms with van der Waals surface area (Å²) in [7, 11) is 7.21. The van der Waals surface area contributed by atoms with Gasteiger partial charge in [-0.1, -0.05) is 11.5 Å². The van der Waals surface area contributed by atoms with Crippen LogP contribution in [0, 0.1) is 0 Å². The van der Waals surface area contributed by atoms with Crippen molar-refractivity contribution in [3.63, 3.8) is 0 Å². The highest BCUT2D eigenvalue weighted by molar-refractivity contribution is 6.31. The SMILES string of the molecule is [B]c1ccc(CN(C)C(=O)OC(C)(C)C)nc1. The molecule has 5 heteroatoms. The van der Waals surface area contributed by atoms with Crippen LogP contribution < -0.4 is 5.46 Å². The van der Waals surface area contributed by atoms with Crippen molar-refractivity contribution < 1.29 is 9.53 Å². The summed E-state index contributed by atoms with van der Waals surface area (Å²) in [5.41, 5.74) is 0.890. The maximum Gasteiger partial charge on any atom is 0.410 e. The highest BCUT2D eigenvalue weighted by Gasteiger charge is 2.19. The van der Waals surface area contributed by atoms with Crippen LogP contribution in [0.25, 0.3) is 0 Å². The number of ether oxygens (including phenoxy) is 1. The van der Waals surface area contributed by atoms with Crippen LogP contribution in [0.5, 0.6) is 0 Å². The minimum absolute atomic E-state index is 0.365. The van der Waals surface area contributed by atoms with Gasteiger partial charge in [0, 0.05) is 13.2 Å². The molecule has 1 amide bonds. The van der Waals surface area contributed by atoms with Gasteiger partial charge in [0.05, 0.1) is 12.2 Å². The Hall–Kier alpha value is -1.52. The van der Waals surface area contributed by atoms with Gasteiger partial charge in [-0.2, -0.15) is 0 Å². The van der Waals surface area contributed by atoms with Crippen molar-refractivity contribution in [3.8, 4) is 0 Å². The van der Waals surface area contributed by atoms with Gasteiger partial charge in [-0.05, 0) is 26.8 Å². The molecule has 0 N–H and O–H groups in total. The zero-order valence-electron chi connectivity index (χ0n) is 10.7. The van der Waals surface area contributed by atoms with Crippen LogP contribution in [0.1, 0.15) is 26.5 Å². The van der Waals surface area contributed by atoms with Gasteiger partial charge < -0.3 is 9.64 Å². The molecule has 17 heavy (non-hydrogen) atoms. The molecule has 1 aromatic rings. The molecule has 0 saturated carbocycles. The third-order valence-electron chi connectivity index (χ3n) is 1.95. The van der Waals surface area contributed by atoms with Gasteiger partial charge in [0.2, 0.25) is 0 Å². The van der Waals surface area contributed by atoms with Crippen LogP contribution in [-0.2, 0) is 11.3 Å². The number of hydrogen-bond acceptors (Lipinski definition) is 3. The normalized spacial score (nSPS) is 11.1. The van der Waals surface area contributed by atoms with Gasteiger partial charge in [0.1, 0.15) is 13.4 Å². The van der Waals surface area contributed by atoms with E-state index in [1.165, 1.54) is 4.90 Å². The number of carbonyl (C=O) groups excluding carboxylic acids is 1. The second-order valence-corrected chi connectivity index (χ2v) is 4.92. The number of hydrogen-bond donors (Lipinski definition) is 0. The Morgan fingerprint density at radius 2 is 2.12 bits per heavy atom. The molecule has 4 nitrogen and oxygen atoms in total. The highest BCUT2D eigenvalue weighted by Crippen LogP contribution is 2.10. The number of carbonyl (C=O) groups is 1. The minimum Gasteiger partial charge on any atom is -0.444 e. The summed E-state index contributed by atoms with van der Waals surface area (Å²) in [4.78, 5) is 17.3. The van der Waals surface area contributed by atoms with E-state index in [1.54, 1.807) is 25.4 Å². The van der Waals surface area contributed by atoms with Crippen LogP contribution in [-0.4, -0.2) is 36.5 Å². The molecule has 0 atom stereocenters. The standard InChI is InChI=1S/C12H17BN2O2/c1-12(2,3)17-11(16)15(4)8-10-6-5-9(13)7-14-10/h5-7H,8H2,1-4H3. The van der Waals surface area contributed by atoms with Crippen LogP contribution >= 0.6 is 0 Å². The van der Waals surface area contributed by atoms with Crippen LogP contribution in [0.15, 0.2) is 18.3 Å². The van der Waals surface area contributed by atoms with E-state index >= 15 is 0 Å². The predicted molar refractivity (Wildman–Crippen MR) is 67.3 cm³/mol. The molecule has 1 rings (SSSR count). The number of amides is 1. The largest absolute Gasteiger partial charge is 0.444 e. The molecule has 0 unspecified atom stereocenters. The minimum atomic E-state index is -0.486. The maximum absolute atomic E-state index is 11.7. The van der Waals surface area contributed by atoms with E-state index in [4.69, 9.17) is 12.6 Å². The topological polar surface area (TPSA) is 42.4 Å². The Kier molecular flexibility index (Phi) is 4.15. The summed E-state index contributed by atoms with van der Waals surface area (Å²) in [5.74, 6) is 0. The zero-order chi connectivity index (χ0) is 13.1. The number of pyridine rings is 1. The Labute approximate surface area is 103 Å². The molecule has 90 valence electrons. The highest BCUT2D eigenvalue weighted by atomic mass is 16.6. The van der Waals surface area contributed by atoms with Crippen molar-refractivity contribution in [1.29, 1.82) is 0 Å². The fraction of sp³-hybridized carbons (Fsp3) is 0.500. The van der Waals surface area contributed by atoms with Crippen LogP contribution in [0.4, 0.5) is 4.79 Å². The molecule has 1 heterocycles. The number of nitrogens with zero attached hydrogens (tertiary/aromatic N) is 2. The van der Waals surface area contributed by atoms with E-state index in [9.17, 15) is 4.79 Å². The van der Waals surface area contributed by atoms with E-state index in [0.717, 1.165) is 5.69 Å². The lowest BCUT2D eigenvalue weighted by Crippen LogP contribution is -2.34. The smallest absolute Gasteiger partial charge is 0.410 e. The first-order valence-corrected chi connectivity index (χ1v) is 5.42. The monoisotopic (exact) mass is 232 g/mol. The molecular weight excluding hydrogens is 215 g/mol. The molecule has 0 aliphatic heterocycles. The Bertz CT molecular complexity index is 384. The van der Waals surface area contributed by atoms with Gasteiger partial charge in [0.15, 0.2) is 0 Å². The Balaban J connectivity index is 2.57. The molecule has 1 aromatic heterocycles. The third kappa shape index (κ3) is 4.89. The first kappa shape index (κ1) is 13.5. The number of rotatable bonds is 2. The molecule has 0 aliphatic carbocycles. The van der Waals surface area contributed by atoms with E-state index in [0.29, 0.717) is 12.0 Å². The molecule has 0 aliphatic rings. The van der Waals surface area contributed by atoms with Crippen molar-refractivity contribution in [2.75, 3.05) is 7.05 Å². The fourth-order valence-corrected chi connectivity index (χ4v) is 1.18. The van der Waals surface area contributed by atoms with Crippen molar-refractivity contribution in [1.82, 2.24) is 9.88 Å². The van der Waals surface area contributed by atoms with E-state index in [1.807, 2.05) is 20.8 Å². The van der Waals surface area contributed by atoms with Crippen LogP contribution in [0.2, 0.25) is 0 Å². The average molecular weight is 232 g/mol. The Morgan fingerprint density at radius 1 is 1.47 bits per heavy atom. The third-order valence-corrected chi connectivity index (χ3v) is 1.95. The second-order valence-electron chi connectivity index (χ2n) is 4.92. The predicted octanol–water partition coefficient (Wildman–Crippen LogP) is 1.24. The molecule has 0 bridgehead atoms. The van der Waals surface area contributed by atoms with Crippen molar-refractivity contribution in [2.24, 2.45) is 0 Å². The van der Waals surface area contributed by atoms with Crippen molar-refractivity contribution >= 4 is 19.4 Å². The van der Waals surface area contributed by atoms with E-state index < -0.39 is 5.60 Å². The first-order valence-electron chi connectivity index (χ1n) is 5.42. The van der Waals surface area contributed by atoms with Gasteiger partial charge in [0.25, 0.3) is 0 Å². The maximum atomic E-state index is 11.7. The van der Waals surface area contributed by atoms with Gasteiger partial charge in [-0.25, -0.2) is 4.79 Å². The van der Waals surface area contributed by atoms with Gasteiger partial charge in [-0.3, -0.25) is 4.98 Å². The van der Waals surface area contributed by atoms with Crippen molar-refractivity contribution in [2.45, 2.75) is 32.9 Å². The second kappa shape index (κ2) is 5.21. The van der Waals surface area contributed by atoms with Gasteiger partial charge >= 0.3 is 6.09 Å². The molecule has 0 fully saturated rings.